The first-order valence-electron chi connectivity index (χ1n) is 17.6. The summed E-state index contributed by atoms with van der Waals surface area (Å²) in [5.74, 6) is 5.94. The number of rotatable bonds is 2. The molecule has 11 nitrogen and oxygen atoms in total. The molecule has 0 bridgehead atoms. The van der Waals surface area contributed by atoms with Gasteiger partial charge in [0.1, 0.15) is 10.0 Å². The van der Waals surface area contributed by atoms with Crippen LogP contribution in [0.1, 0.15) is 80.1 Å². The molecule has 0 amide bonds. The maximum Gasteiger partial charge on any atom is 0.339 e. The Morgan fingerprint density at radius 1 is 0.611 bits per heavy atom. The molecule has 0 spiro atoms. The highest BCUT2D eigenvalue weighted by Crippen LogP contribution is 2.61. The lowest BCUT2D eigenvalue weighted by molar-refractivity contribution is 0.301. The number of aromatic amines is 2. The molecular formula is C34H49Cl8N8O3P. The molecule has 2 saturated heterocycles. The summed E-state index contributed by atoms with van der Waals surface area (Å²) in [7, 11) is 0. The van der Waals surface area contributed by atoms with Crippen molar-refractivity contribution in [2.75, 3.05) is 36.0 Å². The number of piperidine rings is 2. The van der Waals surface area contributed by atoms with Crippen molar-refractivity contribution < 1.29 is 4.57 Å². The number of anilines is 2. The van der Waals surface area contributed by atoms with Gasteiger partial charge in [0.25, 0.3) is 11.1 Å². The van der Waals surface area contributed by atoms with Crippen LogP contribution in [0.4, 0.5) is 11.9 Å². The van der Waals surface area contributed by atoms with Crippen molar-refractivity contribution in [2.45, 2.75) is 80.1 Å². The number of nitrogens with zero attached hydrogens (tertiary/aromatic N) is 6. The van der Waals surface area contributed by atoms with Crippen molar-refractivity contribution in [3.8, 4) is 0 Å². The van der Waals surface area contributed by atoms with Gasteiger partial charge in [0.05, 0.1) is 23.6 Å². The van der Waals surface area contributed by atoms with Crippen molar-refractivity contribution >= 4 is 109 Å². The van der Waals surface area contributed by atoms with Gasteiger partial charge in [-0.2, -0.15) is 4.98 Å². The quantitative estimate of drug-likeness (QED) is 0.146. The van der Waals surface area contributed by atoms with Gasteiger partial charge in [-0.1, -0.05) is 107 Å². The Kier molecular flexibility index (Phi) is 21.9. The van der Waals surface area contributed by atoms with Gasteiger partial charge in [-0.05, 0) is 100 Å². The molecule has 0 radical (unpaired) electrons. The number of aromatic nitrogens is 6. The van der Waals surface area contributed by atoms with Crippen LogP contribution in [-0.2, 0) is 4.57 Å². The largest absolute Gasteiger partial charge is 0.342 e. The van der Waals surface area contributed by atoms with Crippen LogP contribution in [0, 0.1) is 35.5 Å². The summed E-state index contributed by atoms with van der Waals surface area (Å²) in [6.45, 7) is 17.5. The Hall–Kier alpha value is -1.01. The first-order chi connectivity index (χ1) is 25.1. The van der Waals surface area contributed by atoms with Gasteiger partial charge < -0.3 is 9.80 Å². The SMILES string of the molecule is C[C@@H]1CCC[C@H](C)C1.C[C@@H]1C[C@H](C)CN(c2ncc(Cl)c(=O)[nH]2)C1.C[C@@H]1C[C@H](C)CN(c2ncc(Cl)c(Cl)n2)C1.O=P(Cl)(Cl)Cl.O=c1[nH]c(Cl)ncc1Cl. The minimum Gasteiger partial charge on any atom is -0.342 e. The van der Waals surface area contributed by atoms with Crippen molar-refractivity contribution in [2.24, 2.45) is 35.5 Å². The first-order valence-corrected chi connectivity index (χ1v) is 23.9. The van der Waals surface area contributed by atoms with Gasteiger partial charge in [0.15, 0.2) is 5.15 Å². The lowest BCUT2D eigenvalue weighted by Gasteiger charge is -2.35. The number of H-pyrrole nitrogens is 2. The van der Waals surface area contributed by atoms with Crippen LogP contribution in [0.2, 0.25) is 25.5 Å². The Morgan fingerprint density at radius 2 is 1.02 bits per heavy atom. The minimum absolute atomic E-state index is 0.0411. The molecule has 0 unspecified atom stereocenters. The molecular weight excluding hydrogens is 883 g/mol. The average molecular weight is 932 g/mol. The van der Waals surface area contributed by atoms with E-state index in [2.05, 4.69) is 115 Å². The average Bonchev–Trinajstić information content (AvgIpc) is 3.05. The Balaban J connectivity index is 0.000000248. The predicted molar refractivity (Wildman–Crippen MR) is 229 cm³/mol. The standard InChI is InChI=1S/C11H15Cl2N3.C11H16ClN3O.C8H16.C4H2Cl2N2O.Cl3OP/c1-7-3-8(2)6-16(5-7)11-14-4-9(12)10(13)15-11;1-7-3-8(2)6-15(5-7)11-13-4-9(12)10(16)14-11;1-7-4-3-5-8(2)6-7;5-2-1-7-4(6)8-3(2)9;1-5(2,3)4/h4,7-8H,3,5-6H2,1-2H3;4,7-8H,3,5-6H2,1-2H3,(H,13,14,16);7-8H,3-6H2,1-2H3;1H,(H,7,8,9);/t3*7-,8+;;. The van der Waals surface area contributed by atoms with Gasteiger partial charge in [0, 0.05) is 26.2 Å². The molecule has 6 rings (SSSR count). The van der Waals surface area contributed by atoms with Gasteiger partial charge in [0.2, 0.25) is 17.2 Å². The predicted octanol–water partition coefficient (Wildman–Crippen LogP) is 11.9. The zero-order chi connectivity index (χ0) is 40.7. The second-order valence-corrected chi connectivity index (χ2v) is 23.1. The molecule has 2 aliphatic heterocycles. The molecule has 1 saturated carbocycles. The monoisotopic (exact) mass is 928 g/mol. The van der Waals surface area contributed by atoms with Crippen LogP contribution in [-0.4, -0.2) is 56.1 Å². The molecule has 3 aliphatic rings. The fraction of sp³-hybridized carbons (Fsp3) is 0.647. The fourth-order valence-corrected chi connectivity index (χ4v) is 7.32. The normalized spacial score (nSPS) is 23.9. The molecule has 0 aromatic carbocycles. The van der Waals surface area contributed by atoms with E-state index in [1.54, 1.807) is 6.20 Å². The number of nitrogens with one attached hydrogen (secondary N) is 2. The number of halogens is 8. The van der Waals surface area contributed by atoms with Crippen LogP contribution in [0.3, 0.4) is 0 Å². The highest BCUT2D eigenvalue weighted by atomic mass is 36.0. The van der Waals surface area contributed by atoms with E-state index in [1.807, 2.05) is 0 Å². The summed E-state index contributed by atoms with van der Waals surface area (Å²) < 4.78 is 9.51. The maximum atomic E-state index is 11.4. The summed E-state index contributed by atoms with van der Waals surface area (Å²) in [6, 6.07) is 0. The van der Waals surface area contributed by atoms with E-state index in [4.69, 9.17) is 58.0 Å². The smallest absolute Gasteiger partial charge is 0.339 e. The third-order valence-corrected chi connectivity index (χ3v) is 10.1. The van der Waals surface area contributed by atoms with Gasteiger partial charge in [-0.3, -0.25) is 24.1 Å². The van der Waals surface area contributed by atoms with E-state index in [-0.39, 0.29) is 20.9 Å². The van der Waals surface area contributed by atoms with Crippen molar-refractivity contribution in [3.05, 3.63) is 64.8 Å². The van der Waals surface area contributed by atoms with Crippen LogP contribution in [0.5, 0.6) is 0 Å². The minimum atomic E-state index is -3.22. The summed E-state index contributed by atoms with van der Waals surface area (Å²) in [5, 5.41) is -2.26. The maximum absolute atomic E-state index is 11.4. The number of hydrogen-bond acceptors (Lipinski definition) is 9. The van der Waals surface area contributed by atoms with Crippen LogP contribution in [0.15, 0.2) is 28.2 Å². The Bertz CT molecular complexity index is 1730. The molecule has 3 aromatic rings. The van der Waals surface area contributed by atoms with E-state index in [1.165, 1.54) is 50.9 Å². The molecule has 3 aromatic heterocycles. The van der Waals surface area contributed by atoms with Crippen LogP contribution in [0.25, 0.3) is 0 Å². The second kappa shape index (κ2) is 24.0. The summed E-state index contributed by atoms with van der Waals surface area (Å²) in [5.41, 5.74) is -0.686. The second-order valence-electron chi connectivity index (χ2n) is 14.5. The molecule has 20 heteroatoms. The Labute approximate surface area is 357 Å². The lowest BCUT2D eigenvalue weighted by atomic mass is 9.84. The van der Waals surface area contributed by atoms with Crippen LogP contribution >= 0.6 is 96.9 Å². The molecule has 6 atom stereocenters. The number of hydrogen-bond donors (Lipinski definition) is 2. The third kappa shape index (κ3) is 19.9. The third-order valence-electron chi connectivity index (χ3n) is 8.67. The highest BCUT2D eigenvalue weighted by molar-refractivity contribution is 8.24. The van der Waals surface area contributed by atoms with E-state index >= 15 is 0 Å². The Morgan fingerprint density at radius 3 is 1.41 bits per heavy atom. The van der Waals surface area contributed by atoms with E-state index in [9.17, 15) is 14.2 Å². The molecule has 3 fully saturated rings. The van der Waals surface area contributed by atoms with Crippen molar-refractivity contribution in [3.63, 3.8) is 0 Å². The molecule has 1 aliphatic carbocycles. The van der Waals surface area contributed by atoms with Gasteiger partial charge >= 0.3 is 5.20 Å². The lowest BCUT2D eigenvalue weighted by Crippen LogP contribution is -2.40. The fourth-order valence-electron chi connectivity index (χ4n) is 6.78. The van der Waals surface area contributed by atoms with Gasteiger partial charge in [-0.15, -0.1) is 0 Å². The van der Waals surface area contributed by atoms with E-state index in [0.717, 1.165) is 38.0 Å². The molecule has 2 N–H and O–H groups in total. The first kappa shape index (κ1) is 49.1. The van der Waals surface area contributed by atoms with Crippen molar-refractivity contribution in [1.29, 1.82) is 0 Å². The molecule has 54 heavy (non-hydrogen) atoms. The van der Waals surface area contributed by atoms with Crippen LogP contribution < -0.4 is 20.9 Å². The summed E-state index contributed by atoms with van der Waals surface area (Å²) >= 11 is 41.8. The van der Waals surface area contributed by atoms with E-state index in [0.29, 0.717) is 45.7 Å². The zero-order valence-corrected chi connectivity index (χ0v) is 38.1. The molecule has 5 heterocycles. The zero-order valence-electron chi connectivity index (χ0n) is 31.1. The summed E-state index contributed by atoms with van der Waals surface area (Å²) in [6.07, 6.45) is 12.6. The topological polar surface area (TPSA) is 141 Å². The van der Waals surface area contributed by atoms with Crippen molar-refractivity contribution in [1.82, 2.24) is 29.9 Å². The highest BCUT2D eigenvalue weighted by Gasteiger charge is 2.25. The van der Waals surface area contributed by atoms with E-state index < -0.39 is 10.8 Å². The molecule has 304 valence electrons. The van der Waals surface area contributed by atoms with Gasteiger partial charge in [-0.25, -0.2) is 15.0 Å². The summed E-state index contributed by atoms with van der Waals surface area (Å²) in [4.78, 5) is 47.3.